The Balaban J connectivity index is 2.07. The Kier molecular flexibility index (Phi) is 5.74. The molecule has 1 amide bonds. The lowest BCUT2D eigenvalue weighted by molar-refractivity contribution is 0.0635. The minimum absolute atomic E-state index is 0.481. The molecule has 23 heavy (non-hydrogen) atoms. The molecular weight excluding hydrogens is 292 g/mol. The maximum absolute atomic E-state index is 12.0. The SMILES string of the molecule is COc1ccc(NC2CCCCC2)cc1NC(=O)OC(C)(C)C. The minimum Gasteiger partial charge on any atom is -0.495 e. The lowest BCUT2D eigenvalue weighted by atomic mass is 9.95. The summed E-state index contributed by atoms with van der Waals surface area (Å²) in [4.78, 5) is 12.0. The number of amides is 1. The Morgan fingerprint density at radius 2 is 1.87 bits per heavy atom. The molecule has 1 aromatic rings. The summed E-state index contributed by atoms with van der Waals surface area (Å²) in [5.74, 6) is 0.616. The van der Waals surface area contributed by atoms with Gasteiger partial charge in [0.05, 0.1) is 12.8 Å². The number of nitrogens with one attached hydrogen (secondary N) is 2. The van der Waals surface area contributed by atoms with Crippen molar-refractivity contribution >= 4 is 17.5 Å². The van der Waals surface area contributed by atoms with Crippen LogP contribution in [0.15, 0.2) is 18.2 Å². The highest BCUT2D eigenvalue weighted by Crippen LogP contribution is 2.30. The highest BCUT2D eigenvalue weighted by atomic mass is 16.6. The van der Waals surface area contributed by atoms with E-state index in [0.717, 1.165) is 5.69 Å². The molecule has 0 radical (unpaired) electrons. The lowest BCUT2D eigenvalue weighted by Crippen LogP contribution is -2.27. The monoisotopic (exact) mass is 320 g/mol. The molecule has 5 heteroatoms. The summed E-state index contributed by atoms with van der Waals surface area (Å²) in [7, 11) is 1.59. The zero-order valence-corrected chi connectivity index (χ0v) is 14.6. The van der Waals surface area contributed by atoms with Gasteiger partial charge < -0.3 is 14.8 Å². The smallest absolute Gasteiger partial charge is 0.412 e. The first-order valence-electron chi connectivity index (χ1n) is 8.32. The molecule has 1 saturated carbocycles. The van der Waals surface area contributed by atoms with Crippen LogP contribution >= 0.6 is 0 Å². The van der Waals surface area contributed by atoms with Crippen LogP contribution in [0.2, 0.25) is 0 Å². The van der Waals surface area contributed by atoms with Crippen LogP contribution in [0.4, 0.5) is 16.2 Å². The number of carbonyl (C=O) groups excluding carboxylic acids is 1. The summed E-state index contributed by atoms with van der Waals surface area (Å²) in [6.45, 7) is 5.51. The number of rotatable bonds is 4. The van der Waals surface area contributed by atoms with Crippen molar-refractivity contribution in [2.24, 2.45) is 0 Å². The largest absolute Gasteiger partial charge is 0.495 e. The third kappa shape index (κ3) is 5.66. The van der Waals surface area contributed by atoms with Crippen LogP contribution in [0.25, 0.3) is 0 Å². The Bertz CT molecular complexity index is 532. The average Bonchev–Trinajstić information content (AvgIpc) is 2.46. The fraction of sp³-hybridized carbons (Fsp3) is 0.611. The van der Waals surface area contributed by atoms with E-state index in [9.17, 15) is 4.79 Å². The van der Waals surface area contributed by atoms with E-state index in [1.807, 2.05) is 39.0 Å². The number of carbonyl (C=O) groups is 1. The lowest BCUT2D eigenvalue weighted by Gasteiger charge is -2.24. The molecule has 5 nitrogen and oxygen atoms in total. The molecule has 0 atom stereocenters. The molecule has 1 aromatic carbocycles. The quantitative estimate of drug-likeness (QED) is 0.837. The van der Waals surface area contributed by atoms with E-state index in [4.69, 9.17) is 9.47 Å². The van der Waals surface area contributed by atoms with Gasteiger partial charge in [-0.1, -0.05) is 19.3 Å². The third-order valence-electron chi connectivity index (χ3n) is 3.81. The molecule has 0 unspecified atom stereocenters. The van der Waals surface area contributed by atoms with Gasteiger partial charge in [0.2, 0.25) is 0 Å². The molecule has 1 aliphatic rings. The van der Waals surface area contributed by atoms with Gasteiger partial charge in [0, 0.05) is 11.7 Å². The number of methoxy groups -OCH3 is 1. The fourth-order valence-electron chi connectivity index (χ4n) is 2.79. The van der Waals surface area contributed by atoms with Crippen molar-refractivity contribution in [3.8, 4) is 5.75 Å². The first kappa shape index (κ1) is 17.4. The molecule has 2 N–H and O–H groups in total. The molecule has 0 saturated heterocycles. The summed E-state index contributed by atoms with van der Waals surface area (Å²) in [5, 5.41) is 6.32. The van der Waals surface area contributed by atoms with Gasteiger partial charge in [0.25, 0.3) is 0 Å². The van der Waals surface area contributed by atoms with Gasteiger partial charge in [-0.15, -0.1) is 0 Å². The predicted molar refractivity (Wildman–Crippen MR) is 93.3 cm³/mol. The van der Waals surface area contributed by atoms with Gasteiger partial charge in [-0.05, 0) is 51.8 Å². The summed E-state index contributed by atoms with van der Waals surface area (Å²) >= 11 is 0. The molecule has 0 spiro atoms. The summed E-state index contributed by atoms with van der Waals surface area (Å²) in [6.07, 6.45) is 5.78. The molecule has 0 aromatic heterocycles. The maximum Gasteiger partial charge on any atom is 0.412 e. The number of ether oxygens (including phenoxy) is 2. The average molecular weight is 320 g/mol. The standard InChI is InChI=1S/C18H28N2O3/c1-18(2,3)23-17(21)20-15-12-14(10-11-16(15)22-4)19-13-8-6-5-7-9-13/h10-13,19H,5-9H2,1-4H3,(H,20,21). The van der Waals surface area contributed by atoms with E-state index in [2.05, 4.69) is 10.6 Å². The minimum atomic E-state index is -0.532. The summed E-state index contributed by atoms with van der Waals surface area (Å²) in [6, 6.07) is 6.25. The topological polar surface area (TPSA) is 59.6 Å². The molecule has 2 rings (SSSR count). The van der Waals surface area contributed by atoms with Crippen LogP contribution < -0.4 is 15.4 Å². The van der Waals surface area contributed by atoms with Crippen molar-refractivity contribution in [2.75, 3.05) is 17.7 Å². The Morgan fingerprint density at radius 1 is 1.17 bits per heavy atom. The van der Waals surface area contributed by atoms with Crippen molar-refractivity contribution in [2.45, 2.75) is 64.5 Å². The Labute approximate surface area is 138 Å². The molecule has 128 valence electrons. The van der Waals surface area contributed by atoms with Crippen molar-refractivity contribution in [3.05, 3.63) is 18.2 Å². The van der Waals surface area contributed by atoms with Crippen LogP contribution in [-0.4, -0.2) is 24.8 Å². The molecule has 1 aliphatic carbocycles. The predicted octanol–water partition coefficient (Wildman–Crippen LogP) is 4.79. The number of hydrogen-bond donors (Lipinski definition) is 2. The van der Waals surface area contributed by atoms with Crippen LogP contribution in [-0.2, 0) is 4.74 Å². The van der Waals surface area contributed by atoms with Crippen LogP contribution in [0, 0.1) is 0 Å². The van der Waals surface area contributed by atoms with Gasteiger partial charge >= 0.3 is 6.09 Å². The summed E-state index contributed by atoms with van der Waals surface area (Å²) in [5.41, 5.74) is 1.07. The maximum atomic E-state index is 12.0. The Hall–Kier alpha value is -1.91. The number of benzene rings is 1. The van der Waals surface area contributed by atoms with E-state index in [1.54, 1.807) is 7.11 Å². The zero-order chi connectivity index (χ0) is 16.9. The normalized spacial score (nSPS) is 15.8. The second kappa shape index (κ2) is 7.57. The Morgan fingerprint density at radius 3 is 2.48 bits per heavy atom. The first-order valence-corrected chi connectivity index (χ1v) is 8.32. The molecular formula is C18H28N2O3. The fourth-order valence-corrected chi connectivity index (χ4v) is 2.79. The van der Waals surface area contributed by atoms with Gasteiger partial charge in [-0.3, -0.25) is 5.32 Å². The highest BCUT2D eigenvalue weighted by Gasteiger charge is 2.18. The molecule has 0 bridgehead atoms. The second-order valence-electron chi connectivity index (χ2n) is 7.02. The van der Waals surface area contributed by atoms with Crippen molar-refractivity contribution in [3.63, 3.8) is 0 Å². The highest BCUT2D eigenvalue weighted by molar-refractivity contribution is 5.88. The van der Waals surface area contributed by atoms with E-state index in [0.29, 0.717) is 17.5 Å². The van der Waals surface area contributed by atoms with Crippen LogP contribution in [0.5, 0.6) is 5.75 Å². The molecule has 1 fully saturated rings. The van der Waals surface area contributed by atoms with E-state index >= 15 is 0 Å². The van der Waals surface area contributed by atoms with E-state index < -0.39 is 11.7 Å². The zero-order valence-electron chi connectivity index (χ0n) is 14.6. The van der Waals surface area contributed by atoms with Gasteiger partial charge in [0.15, 0.2) is 0 Å². The first-order chi connectivity index (χ1) is 10.9. The summed E-state index contributed by atoms with van der Waals surface area (Å²) < 4.78 is 10.6. The van der Waals surface area contributed by atoms with E-state index in [1.165, 1.54) is 32.1 Å². The van der Waals surface area contributed by atoms with Crippen molar-refractivity contribution < 1.29 is 14.3 Å². The molecule has 0 heterocycles. The van der Waals surface area contributed by atoms with E-state index in [-0.39, 0.29) is 0 Å². The number of hydrogen-bond acceptors (Lipinski definition) is 4. The van der Waals surface area contributed by atoms with Crippen molar-refractivity contribution in [1.82, 2.24) is 0 Å². The van der Waals surface area contributed by atoms with Crippen molar-refractivity contribution in [1.29, 1.82) is 0 Å². The molecule has 0 aliphatic heterocycles. The van der Waals surface area contributed by atoms with Crippen LogP contribution in [0.3, 0.4) is 0 Å². The van der Waals surface area contributed by atoms with Gasteiger partial charge in [-0.2, -0.15) is 0 Å². The van der Waals surface area contributed by atoms with Gasteiger partial charge in [-0.25, -0.2) is 4.79 Å². The van der Waals surface area contributed by atoms with Crippen LogP contribution in [0.1, 0.15) is 52.9 Å². The number of anilines is 2. The van der Waals surface area contributed by atoms with Gasteiger partial charge in [0.1, 0.15) is 11.4 Å². The third-order valence-corrected chi connectivity index (χ3v) is 3.81. The second-order valence-corrected chi connectivity index (χ2v) is 7.02.